The van der Waals surface area contributed by atoms with Gasteiger partial charge in [0, 0.05) is 24.7 Å². The molecule has 0 spiro atoms. The quantitative estimate of drug-likeness (QED) is 0.316. The Bertz CT molecular complexity index is 1040. The first-order chi connectivity index (χ1) is 16.1. The Morgan fingerprint density at radius 2 is 1.62 bits per heavy atom. The third kappa shape index (κ3) is 7.19. The average Bonchev–Trinajstić information content (AvgIpc) is 2.82. The lowest BCUT2D eigenvalue weighted by Gasteiger charge is -2.20. The van der Waals surface area contributed by atoms with Crippen LogP contribution in [0.4, 0.5) is 0 Å². The minimum Gasteiger partial charge on any atom is -0.496 e. The SMILES string of the molecule is COC(=O)[C@H](Cc1ccc(OC)c(C)c1)NC(=O)[C@H](C)CC(=O)[C@@H](C)c1ccc(OC)c(I)c1. The summed E-state index contributed by atoms with van der Waals surface area (Å²) >= 11 is 2.17. The maximum atomic E-state index is 12.9. The van der Waals surface area contributed by atoms with Crippen LogP contribution in [-0.2, 0) is 25.5 Å². The van der Waals surface area contributed by atoms with Crippen molar-refractivity contribution in [3.8, 4) is 11.5 Å². The summed E-state index contributed by atoms with van der Waals surface area (Å²) in [4.78, 5) is 38.1. The Hall–Kier alpha value is -2.62. The number of hydrogen-bond acceptors (Lipinski definition) is 6. The van der Waals surface area contributed by atoms with Gasteiger partial charge in [-0.1, -0.05) is 32.0 Å². The van der Waals surface area contributed by atoms with Crippen LogP contribution in [0.5, 0.6) is 11.5 Å². The topological polar surface area (TPSA) is 90.9 Å². The number of amides is 1. The average molecular weight is 581 g/mol. The first-order valence-electron chi connectivity index (χ1n) is 11.0. The molecule has 1 amide bonds. The van der Waals surface area contributed by atoms with Gasteiger partial charge in [0.15, 0.2) is 0 Å². The highest BCUT2D eigenvalue weighted by atomic mass is 127. The summed E-state index contributed by atoms with van der Waals surface area (Å²) in [5.74, 6) is -0.436. The van der Waals surface area contributed by atoms with Crippen molar-refractivity contribution in [3.63, 3.8) is 0 Å². The van der Waals surface area contributed by atoms with Gasteiger partial charge in [-0.15, -0.1) is 0 Å². The number of carbonyl (C=O) groups is 3. The normalized spacial score (nSPS) is 13.4. The number of nitrogens with one attached hydrogen (secondary N) is 1. The number of halogens is 1. The summed E-state index contributed by atoms with van der Waals surface area (Å²) < 4.78 is 16.4. The number of ketones is 1. The highest BCUT2D eigenvalue weighted by Gasteiger charge is 2.27. The fraction of sp³-hybridized carbons (Fsp3) is 0.423. The van der Waals surface area contributed by atoms with E-state index in [9.17, 15) is 14.4 Å². The number of aryl methyl sites for hydroxylation is 1. The summed E-state index contributed by atoms with van der Waals surface area (Å²) in [5, 5.41) is 2.76. The Morgan fingerprint density at radius 3 is 2.18 bits per heavy atom. The molecule has 2 aromatic rings. The lowest BCUT2D eigenvalue weighted by molar-refractivity contribution is -0.145. The van der Waals surface area contributed by atoms with Crippen molar-refractivity contribution in [1.29, 1.82) is 0 Å². The van der Waals surface area contributed by atoms with Crippen molar-refractivity contribution in [2.45, 2.75) is 45.6 Å². The minimum absolute atomic E-state index is 0.0518. The van der Waals surface area contributed by atoms with E-state index in [1.54, 1.807) is 21.1 Å². The van der Waals surface area contributed by atoms with E-state index in [1.807, 2.05) is 50.2 Å². The summed E-state index contributed by atoms with van der Waals surface area (Å²) in [6.45, 7) is 5.42. The molecule has 0 unspecified atom stereocenters. The molecule has 2 rings (SSSR count). The molecule has 0 fully saturated rings. The van der Waals surface area contributed by atoms with Gasteiger partial charge < -0.3 is 19.5 Å². The van der Waals surface area contributed by atoms with Crippen molar-refractivity contribution < 1.29 is 28.6 Å². The predicted octanol–water partition coefficient (Wildman–Crippen LogP) is 4.22. The van der Waals surface area contributed by atoms with Crippen LogP contribution < -0.4 is 14.8 Å². The number of esters is 1. The van der Waals surface area contributed by atoms with Crippen molar-refractivity contribution in [2.75, 3.05) is 21.3 Å². The molecular weight excluding hydrogens is 549 g/mol. The molecule has 0 bridgehead atoms. The second-order valence-corrected chi connectivity index (χ2v) is 9.44. The van der Waals surface area contributed by atoms with E-state index in [2.05, 4.69) is 27.9 Å². The summed E-state index contributed by atoms with van der Waals surface area (Å²) in [6.07, 6.45) is 0.329. The third-order valence-corrected chi connectivity index (χ3v) is 6.66. The predicted molar refractivity (Wildman–Crippen MR) is 138 cm³/mol. The molecule has 0 aliphatic carbocycles. The van der Waals surface area contributed by atoms with Crippen LogP contribution in [0.15, 0.2) is 36.4 Å². The standard InChI is InChI=1S/C26H32INO6/c1-15-11-18(7-9-23(15)32-4)13-21(26(31)34-6)28-25(30)16(2)12-22(29)17(3)19-8-10-24(33-5)20(27)14-19/h7-11,14,16-17,21H,12-13H2,1-6H3,(H,28,30)/t16-,17+,21+/m1/s1. The Morgan fingerprint density at radius 1 is 0.971 bits per heavy atom. The van der Waals surface area contributed by atoms with Gasteiger partial charge in [-0.3, -0.25) is 9.59 Å². The van der Waals surface area contributed by atoms with E-state index in [4.69, 9.17) is 14.2 Å². The van der Waals surface area contributed by atoms with E-state index in [0.29, 0.717) is 0 Å². The lowest BCUT2D eigenvalue weighted by atomic mass is 9.90. The zero-order valence-corrected chi connectivity index (χ0v) is 22.6. The number of carbonyl (C=O) groups excluding carboxylic acids is 3. The van der Waals surface area contributed by atoms with Crippen LogP contribution in [0.1, 0.15) is 42.9 Å². The first kappa shape index (κ1) is 27.6. The molecule has 184 valence electrons. The fourth-order valence-electron chi connectivity index (χ4n) is 3.66. The van der Waals surface area contributed by atoms with Crippen LogP contribution in [0, 0.1) is 16.4 Å². The summed E-state index contributed by atoms with van der Waals surface area (Å²) in [6, 6.07) is 10.3. The van der Waals surface area contributed by atoms with Crippen LogP contribution in [-0.4, -0.2) is 45.0 Å². The molecule has 2 aromatic carbocycles. The number of methoxy groups -OCH3 is 3. The van der Waals surface area contributed by atoms with Gasteiger partial charge in [0.2, 0.25) is 5.91 Å². The van der Waals surface area contributed by atoms with Gasteiger partial charge in [0.05, 0.1) is 24.9 Å². The number of rotatable bonds is 11. The molecule has 1 N–H and O–H groups in total. The van der Waals surface area contributed by atoms with E-state index in [0.717, 1.165) is 31.8 Å². The zero-order chi connectivity index (χ0) is 25.4. The molecule has 7 nitrogen and oxygen atoms in total. The number of ether oxygens (including phenoxy) is 3. The third-order valence-electron chi connectivity index (χ3n) is 5.82. The molecule has 0 radical (unpaired) electrons. The Labute approximate surface area is 214 Å². The number of Topliss-reactive ketones (excluding diaryl/α,β-unsaturated/α-hetero) is 1. The molecule has 0 aromatic heterocycles. The Balaban J connectivity index is 2.05. The van der Waals surface area contributed by atoms with E-state index < -0.39 is 17.9 Å². The largest absolute Gasteiger partial charge is 0.496 e. The monoisotopic (exact) mass is 581 g/mol. The molecule has 0 saturated carbocycles. The van der Waals surface area contributed by atoms with Gasteiger partial charge in [-0.2, -0.15) is 0 Å². The zero-order valence-electron chi connectivity index (χ0n) is 20.4. The van der Waals surface area contributed by atoms with Gasteiger partial charge >= 0.3 is 5.97 Å². The van der Waals surface area contributed by atoms with Gasteiger partial charge in [-0.25, -0.2) is 4.79 Å². The Kier molecular flexibility index (Phi) is 10.3. The van der Waals surface area contributed by atoms with Gasteiger partial charge in [0.1, 0.15) is 23.3 Å². The van der Waals surface area contributed by atoms with Crippen molar-refractivity contribution in [3.05, 3.63) is 56.7 Å². The highest BCUT2D eigenvalue weighted by Crippen LogP contribution is 2.27. The highest BCUT2D eigenvalue weighted by molar-refractivity contribution is 14.1. The van der Waals surface area contributed by atoms with Crippen LogP contribution in [0.3, 0.4) is 0 Å². The first-order valence-corrected chi connectivity index (χ1v) is 12.1. The molecule has 8 heteroatoms. The summed E-state index contributed by atoms with van der Waals surface area (Å²) in [5.41, 5.74) is 2.65. The van der Waals surface area contributed by atoms with Crippen LogP contribution in [0.2, 0.25) is 0 Å². The number of hydrogen-bond donors (Lipinski definition) is 1. The molecule has 0 heterocycles. The second-order valence-electron chi connectivity index (χ2n) is 8.28. The van der Waals surface area contributed by atoms with Gasteiger partial charge in [0.25, 0.3) is 0 Å². The minimum atomic E-state index is -0.858. The second kappa shape index (κ2) is 12.7. The maximum absolute atomic E-state index is 12.9. The van der Waals surface area contributed by atoms with E-state index in [-0.39, 0.29) is 30.4 Å². The van der Waals surface area contributed by atoms with Crippen LogP contribution in [0.25, 0.3) is 0 Å². The van der Waals surface area contributed by atoms with Crippen molar-refractivity contribution >= 4 is 40.3 Å². The lowest BCUT2D eigenvalue weighted by Crippen LogP contribution is -2.45. The van der Waals surface area contributed by atoms with Crippen molar-refractivity contribution in [1.82, 2.24) is 5.32 Å². The fourth-order valence-corrected chi connectivity index (χ4v) is 4.42. The van der Waals surface area contributed by atoms with Crippen LogP contribution >= 0.6 is 22.6 Å². The van der Waals surface area contributed by atoms with E-state index in [1.165, 1.54) is 7.11 Å². The molecule has 0 aliphatic rings. The maximum Gasteiger partial charge on any atom is 0.328 e. The van der Waals surface area contributed by atoms with Crippen molar-refractivity contribution in [2.24, 2.45) is 5.92 Å². The van der Waals surface area contributed by atoms with E-state index >= 15 is 0 Å². The van der Waals surface area contributed by atoms with Gasteiger partial charge in [-0.05, 0) is 64.4 Å². The molecule has 0 aliphatic heterocycles. The number of benzene rings is 2. The smallest absolute Gasteiger partial charge is 0.328 e. The molecular formula is C26H32INO6. The molecule has 0 saturated heterocycles. The molecule has 3 atom stereocenters. The molecule has 34 heavy (non-hydrogen) atoms. The summed E-state index contributed by atoms with van der Waals surface area (Å²) in [7, 11) is 4.48.